The van der Waals surface area contributed by atoms with Crippen LogP contribution in [0.1, 0.15) is 10.4 Å². The van der Waals surface area contributed by atoms with E-state index < -0.39 is 0 Å². The Hall–Kier alpha value is -2.38. The fourth-order valence-electron chi connectivity index (χ4n) is 2.67. The van der Waals surface area contributed by atoms with Crippen LogP contribution in [0.5, 0.6) is 5.75 Å². The molecule has 1 heterocycles. The number of rotatable bonds is 5. The highest BCUT2D eigenvalue weighted by atomic mass is 79.9. The zero-order valence-corrected chi connectivity index (χ0v) is 16.2. The van der Waals surface area contributed by atoms with Crippen molar-refractivity contribution < 1.29 is 14.3 Å². The van der Waals surface area contributed by atoms with Crippen LogP contribution in [0.3, 0.4) is 0 Å². The highest BCUT2D eigenvalue weighted by molar-refractivity contribution is 9.10. The van der Waals surface area contributed by atoms with Gasteiger partial charge in [-0.05, 0) is 60.4 Å². The van der Waals surface area contributed by atoms with Crippen LogP contribution in [0.2, 0.25) is 0 Å². The van der Waals surface area contributed by atoms with E-state index in [1.165, 1.54) is 0 Å². The van der Waals surface area contributed by atoms with Crippen LogP contribution in [0.4, 0.5) is 11.4 Å². The number of nitrogens with one attached hydrogen (secondary N) is 1. The first-order valence-corrected chi connectivity index (χ1v) is 9.03. The molecule has 0 atom stereocenters. The lowest BCUT2D eigenvalue weighted by Gasteiger charge is -2.30. The first kappa shape index (κ1) is 18.4. The fraction of sp³-hybridized carbons (Fsp3) is 0.263. The van der Waals surface area contributed by atoms with Crippen LogP contribution in [-0.4, -0.2) is 50.5 Å². The SMILES string of the molecule is CN(C)CCN1C(=O)COc2ccc(NC(=O)c3ccccc3Br)cc21. The maximum atomic E-state index is 12.5. The second-order valence-electron chi connectivity index (χ2n) is 6.25. The molecule has 26 heavy (non-hydrogen) atoms. The normalized spacial score (nSPS) is 13.4. The molecule has 1 aliphatic heterocycles. The predicted molar refractivity (Wildman–Crippen MR) is 105 cm³/mol. The van der Waals surface area contributed by atoms with Crippen LogP contribution < -0.4 is 15.0 Å². The van der Waals surface area contributed by atoms with E-state index >= 15 is 0 Å². The number of likely N-dealkylation sites (N-methyl/N-ethyl adjacent to an activating group) is 1. The fourth-order valence-corrected chi connectivity index (χ4v) is 3.13. The number of halogens is 1. The molecule has 0 bridgehead atoms. The van der Waals surface area contributed by atoms with Crippen molar-refractivity contribution in [3.63, 3.8) is 0 Å². The van der Waals surface area contributed by atoms with E-state index in [9.17, 15) is 9.59 Å². The quantitative estimate of drug-likeness (QED) is 0.811. The molecule has 7 heteroatoms. The van der Waals surface area contributed by atoms with E-state index in [0.717, 1.165) is 11.0 Å². The number of anilines is 2. The second-order valence-corrected chi connectivity index (χ2v) is 7.11. The van der Waals surface area contributed by atoms with E-state index in [4.69, 9.17) is 4.74 Å². The van der Waals surface area contributed by atoms with Crippen molar-refractivity contribution >= 4 is 39.1 Å². The second kappa shape index (κ2) is 7.88. The van der Waals surface area contributed by atoms with Gasteiger partial charge in [0.1, 0.15) is 5.75 Å². The third-order valence-electron chi connectivity index (χ3n) is 4.05. The Morgan fingerprint density at radius 2 is 2.04 bits per heavy atom. The molecular weight excluding hydrogens is 398 g/mol. The molecule has 1 N–H and O–H groups in total. The van der Waals surface area contributed by atoms with Crippen molar-refractivity contribution in [2.24, 2.45) is 0 Å². The van der Waals surface area contributed by atoms with Crippen molar-refractivity contribution in [3.8, 4) is 5.75 Å². The highest BCUT2D eigenvalue weighted by Crippen LogP contribution is 2.34. The third-order valence-corrected chi connectivity index (χ3v) is 4.74. The molecule has 2 aromatic carbocycles. The molecule has 0 aliphatic carbocycles. The summed E-state index contributed by atoms with van der Waals surface area (Å²) < 4.78 is 6.24. The van der Waals surface area contributed by atoms with E-state index in [1.807, 2.05) is 37.2 Å². The summed E-state index contributed by atoms with van der Waals surface area (Å²) in [4.78, 5) is 28.5. The van der Waals surface area contributed by atoms with Crippen LogP contribution in [0, 0.1) is 0 Å². The van der Waals surface area contributed by atoms with Crippen LogP contribution in [0.15, 0.2) is 46.9 Å². The number of fused-ring (bicyclic) bond motifs is 1. The summed E-state index contributed by atoms with van der Waals surface area (Å²) >= 11 is 3.38. The Morgan fingerprint density at radius 3 is 2.77 bits per heavy atom. The molecule has 2 aromatic rings. The summed E-state index contributed by atoms with van der Waals surface area (Å²) in [6, 6.07) is 12.5. The lowest BCUT2D eigenvalue weighted by atomic mass is 10.1. The maximum absolute atomic E-state index is 12.5. The van der Waals surface area contributed by atoms with Gasteiger partial charge in [0.05, 0.1) is 11.3 Å². The summed E-state index contributed by atoms with van der Waals surface area (Å²) in [5.41, 5.74) is 1.83. The summed E-state index contributed by atoms with van der Waals surface area (Å²) in [6.07, 6.45) is 0. The molecule has 0 saturated carbocycles. The molecule has 0 radical (unpaired) electrons. The van der Waals surface area contributed by atoms with Gasteiger partial charge in [-0.1, -0.05) is 12.1 Å². The number of amides is 2. The number of benzene rings is 2. The molecule has 1 aliphatic rings. The minimum Gasteiger partial charge on any atom is -0.482 e. The molecule has 0 aromatic heterocycles. The number of nitrogens with zero attached hydrogens (tertiary/aromatic N) is 2. The summed E-state index contributed by atoms with van der Waals surface area (Å²) in [6.45, 7) is 1.33. The molecule has 0 saturated heterocycles. The van der Waals surface area contributed by atoms with E-state index in [1.54, 1.807) is 29.2 Å². The number of hydrogen-bond acceptors (Lipinski definition) is 4. The van der Waals surface area contributed by atoms with Gasteiger partial charge >= 0.3 is 0 Å². The van der Waals surface area contributed by atoms with Crippen LogP contribution in [-0.2, 0) is 4.79 Å². The van der Waals surface area contributed by atoms with Gasteiger partial charge in [-0.15, -0.1) is 0 Å². The Kier molecular flexibility index (Phi) is 5.58. The summed E-state index contributed by atoms with van der Waals surface area (Å²) in [5.74, 6) is 0.330. The van der Waals surface area contributed by atoms with E-state index in [-0.39, 0.29) is 18.4 Å². The molecule has 0 unspecified atom stereocenters. The lowest BCUT2D eigenvalue weighted by molar-refractivity contribution is -0.121. The van der Waals surface area contributed by atoms with Crippen molar-refractivity contribution in [2.75, 3.05) is 44.0 Å². The molecule has 0 spiro atoms. The Bertz CT molecular complexity index is 839. The number of hydrogen-bond donors (Lipinski definition) is 1. The number of carbonyl (C=O) groups is 2. The van der Waals surface area contributed by atoms with Crippen molar-refractivity contribution in [2.45, 2.75) is 0 Å². The van der Waals surface area contributed by atoms with Gasteiger partial charge in [-0.3, -0.25) is 9.59 Å². The van der Waals surface area contributed by atoms with Gasteiger partial charge in [-0.2, -0.15) is 0 Å². The molecule has 2 amide bonds. The maximum Gasteiger partial charge on any atom is 0.265 e. The zero-order chi connectivity index (χ0) is 18.7. The summed E-state index contributed by atoms with van der Waals surface area (Å²) in [5, 5.41) is 2.88. The average Bonchev–Trinajstić information content (AvgIpc) is 2.61. The topological polar surface area (TPSA) is 61.9 Å². The number of carbonyl (C=O) groups excluding carboxylic acids is 2. The largest absolute Gasteiger partial charge is 0.482 e. The lowest BCUT2D eigenvalue weighted by Crippen LogP contribution is -2.42. The standard InChI is InChI=1S/C19H20BrN3O3/c1-22(2)9-10-23-16-11-13(7-8-17(16)26-12-18(23)24)21-19(25)14-5-3-4-6-15(14)20/h3-8,11H,9-10,12H2,1-2H3,(H,21,25). The van der Waals surface area contributed by atoms with Crippen LogP contribution >= 0.6 is 15.9 Å². The van der Waals surface area contributed by atoms with Crippen molar-refractivity contribution in [1.29, 1.82) is 0 Å². The minimum atomic E-state index is -0.222. The van der Waals surface area contributed by atoms with Gasteiger partial charge in [0, 0.05) is 23.2 Å². The average molecular weight is 418 g/mol. The Morgan fingerprint density at radius 1 is 1.27 bits per heavy atom. The molecule has 3 rings (SSSR count). The predicted octanol–water partition coefficient (Wildman–Crippen LogP) is 2.99. The highest BCUT2D eigenvalue weighted by Gasteiger charge is 2.26. The van der Waals surface area contributed by atoms with E-state index in [2.05, 4.69) is 21.2 Å². The first-order valence-electron chi connectivity index (χ1n) is 8.23. The number of ether oxygens (including phenoxy) is 1. The Labute approximate surface area is 160 Å². The van der Waals surface area contributed by atoms with E-state index in [0.29, 0.717) is 29.2 Å². The molecule has 6 nitrogen and oxygen atoms in total. The minimum absolute atomic E-state index is 0.0308. The van der Waals surface area contributed by atoms with Gasteiger partial charge in [0.25, 0.3) is 11.8 Å². The monoisotopic (exact) mass is 417 g/mol. The first-order chi connectivity index (χ1) is 12.5. The Balaban J connectivity index is 1.84. The smallest absolute Gasteiger partial charge is 0.265 e. The summed E-state index contributed by atoms with van der Waals surface area (Å²) in [7, 11) is 3.92. The van der Waals surface area contributed by atoms with Gasteiger partial charge < -0.3 is 19.9 Å². The van der Waals surface area contributed by atoms with Gasteiger partial charge in [0.2, 0.25) is 0 Å². The van der Waals surface area contributed by atoms with Gasteiger partial charge in [-0.25, -0.2) is 0 Å². The zero-order valence-electron chi connectivity index (χ0n) is 14.7. The molecule has 0 fully saturated rings. The third kappa shape index (κ3) is 4.05. The van der Waals surface area contributed by atoms with Crippen LogP contribution in [0.25, 0.3) is 0 Å². The molecule has 136 valence electrons. The van der Waals surface area contributed by atoms with Crippen molar-refractivity contribution in [1.82, 2.24) is 4.90 Å². The molecular formula is C19H20BrN3O3. The van der Waals surface area contributed by atoms with Gasteiger partial charge in [0.15, 0.2) is 6.61 Å². The van der Waals surface area contributed by atoms with Crippen molar-refractivity contribution in [3.05, 3.63) is 52.5 Å².